The molecule has 3 aliphatic heterocycles. The highest BCUT2D eigenvalue weighted by atomic mass is 19.1. The highest BCUT2D eigenvalue weighted by Crippen LogP contribution is 2.46. The van der Waals surface area contributed by atoms with E-state index in [0.717, 1.165) is 18.9 Å². The summed E-state index contributed by atoms with van der Waals surface area (Å²) >= 11 is 0. The van der Waals surface area contributed by atoms with Crippen molar-refractivity contribution in [2.45, 2.75) is 76.6 Å². The van der Waals surface area contributed by atoms with E-state index in [1.807, 2.05) is 13.8 Å². The molecular formula is C30H36F2N4O8. The van der Waals surface area contributed by atoms with E-state index < -0.39 is 58.0 Å². The van der Waals surface area contributed by atoms with E-state index >= 15 is 0 Å². The predicted octanol–water partition coefficient (Wildman–Crippen LogP) is 4.31. The Morgan fingerprint density at radius 1 is 1.25 bits per heavy atom. The number of hydrogen-bond donors (Lipinski definition) is 1. The van der Waals surface area contributed by atoms with Crippen molar-refractivity contribution in [3.63, 3.8) is 0 Å². The van der Waals surface area contributed by atoms with Gasteiger partial charge in [-0.1, -0.05) is 31.0 Å². The molecule has 1 N–H and O–H groups in total. The second-order valence-corrected chi connectivity index (χ2v) is 11.2. The number of pyridine rings is 1. The summed E-state index contributed by atoms with van der Waals surface area (Å²) in [4.78, 5) is 61.4. The molecule has 2 amide bonds. The molecule has 44 heavy (non-hydrogen) atoms. The largest absolute Gasteiger partial charge is 0.514 e. The zero-order valence-corrected chi connectivity index (χ0v) is 24.7. The van der Waals surface area contributed by atoms with Gasteiger partial charge in [-0.15, -0.1) is 0 Å². The fraction of sp³-hybridized carbons (Fsp3) is 0.500. The van der Waals surface area contributed by atoms with E-state index in [-0.39, 0.29) is 44.8 Å². The average Bonchev–Trinajstić information content (AvgIpc) is 3.38. The number of benzene rings is 1. The Morgan fingerprint density at radius 2 is 2.05 bits per heavy atom. The van der Waals surface area contributed by atoms with Crippen LogP contribution in [0.25, 0.3) is 0 Å². The van der Waals surface area contributed by atoms with Crippen molar-refractivity contribution in [2.24, 2.45) is 5.16 Å². The fourth-order valence-corrected chi connectivity index (χ4v) is 5.83. The number of ether oxygens (including phenoxy) is 3. The van der Waals surface area contributed by atoms with E-state index in [9.17, 15) is 28.0 Å². The Hall–Kier alpha value is -4.49. The Kier molecular flexibility index (Phi) is 8.88. The number of oxime groups is 1. The first-order valence-corrected chi connectivity index (χ1v) is 14.5. The molecule has 2 aromatic rings. The number of unbranched alkanes of at least 4 members (excludes halogenated alkanes) is 2. The van der Waals surface area contributed by atoms with Gasteiger partial charge < -0.3 is 33.8 Å². The number of amides is 2. The van der Waals surface area contributed by atoms with Crippen molar-refractivity contribution in [1.29, 1.82) is 0 Å². The molecule has 0 unspecified atom stereocenters. The number of nitrogens with one attached hydrogen (secondary N) is 1. The smallest absolute Gasteiger partial charge is 0.482 e. The van der Waals surface area contributed by atoms with Gasteiger partial charge in [0.05, 0.1) is 26.2 Å². The maximum absolute atomic E-state index is 14.2. The first-order chi connectivity index (χ1) is 21.1. The third-order valence-corrected chi connectivity index (χ3v) is 8.35. The molecule has 2 bridgehead atoms. The van der Waals surface area contributed by atoms with Gasteiger partial charge >= 0.3 is 6.16 Å². The number of nitrogens with zero attached hydrogens (tertiary/aromatic N) is 3. The number of methoxy groups -OCH3 is 1. The average molecular weight is 619 g/mol. The molecule has 0 aliphatic carbocycles. The maximum atomic E-state index is 14.2. The molecule has 1 aromatic carbocycles. The van der Waals surface area contributed by atoms with Crippen LogP contribution < -0.4 is 15.5 Å². The van der Waals surface area contributed by atoms with Crippen LogP contribution in [0.15, 0.2) is 34.3 Å². The molecule has 1 fully saturated rings. The second-order valence-electron chi connectivity index (χ2n) is 11.2. The summed E-state index contributed by atoms with van der Waals surface area (Å²) in [5.74, 6) is -3.48. The van der Waals surface area contributed by atoms with Crippen molar-refractivity contribution >= 4 is 23.9 Å². The first kappa shape index (κ1) is 31.0. The molecule has 0 radical (unpaired) electrons. The van der Waals surface area contributed by atoms with Gasteiger partial charge in [0.25, 0.3) is 11.8 Å². The highest BCUT2D eigenvalue weighted by Gasteiger charge is 2.55. The highest BCUT2D eigenvalue weighted by molar-refractivity contribution is 6.00. The zero-order chi connectivity index (χ0) is 31.6. The van der Waals surface area contributed by atoms with Crippen molar-refractivity contribution < 1.29 is 43.6 Å². The van der Waals surface area contributed by atoms with Crippen molar-refractivity contribution in [1.82, 2.24) is 14.8 Å². The summed E-state index contributed by atoms with van der Waals surface area (Å²) in [5.41, 5.74) is -2.75. The molecule has 3 aliphatic rings. The summed E-state index contributed by atoms with van der Waals surface area (Å²) in [7, 11) is 1.46. The lowest BCUT2D eigenvalue weighted by Crippen LogP contribution is -2.52. The number of fused-ring (bicyclic) bond motifs is 5. The van der Waals surface area contributed by atoms with E-state index in [4.69, 9.17) is 19.0 Å². The van der Waals surface area contributed by atoms with Gasteiger partial charge in [-0.25, -0.2) is 13.6 Å². The minimum Gasteiger partial charge on any atom is -0.482 e. The lowest BCUT2D eigenvalue weighted by Gasteiger charge is -2.41. The normalized spacial score (nSPS) is 22.1. The molecule has 4 heterocycles. The lowest BCUT2D eigenvalue weighted by atomic mass is 9.85. The quantitative estimate of drug-likeness (QED) is 0.341. The fourth-order valence-electron chi connectivity index (χ4n) is 5.83. The van der Waals surface area contributed by atoms with Crippen molar-refractivity contribution in [3.05, 3.63) is 63.1 Å². The third-order valence-electron chi connectivity index (χ3n) is 8.35. The first-order valence-electron chi connectivity index (χ1n) is 14.5. The Bertz CT molecular complexity index is 1570. The van der Waals surface area contributed by atoms with Gasteiger partial charge in [0.1, 0.15) is 17.2 Å². The van der Waals surface area contributed by atoms with Crippen LogP contribution in [0.1, 0.15) is 86.3 Å². The van der Waals surface area contributed by atoms with E-state index in [2.05, 4.69) is 10.5 Å². The minimum absolute atomic E-state index is 0. The number of carbonyl (C=O) groups is 3. The van der Waals surface area contributed by atoms with E-state index in [1.54, 1.807) is 4.90 Å². The standard InChI is InChI=1S/C30H34F2N4O8.H2/c1-4-5-6-11-42-29(40)43-26-24-28(39)35-16-22(30(10-9-17(35)2)13-23(41-3)34-44-30)36(24)15-20(25(26)37)27(38)33-14-18-7-8-19(31)12-21(18)32;/h7-8,12,15,17,22H,4-6,9-11,13-14,16H2,1-3H3,(H,33,38);1H/t17-,22+,30-;/m0./s1. The van der Waals surface area contributed by atoms with Gasteiger partial charge in [-0.05, 0) is 32.3 Å². The molecule has 12 nitrogen and oxygen atoms in total. The Balaban J connectivity index is 0.00000461. The molecule has 238 valence electrons. The third kappa shape index (κ3) is 5.84. The summed E-state index contributed by atoms with van der Waals surface area (Å²) in [6.07, 6.45) is 3.54. The molecular weight excluding hydrogens is 582 g/mol. The van der Waals surface area contributed by atoms with Crippen LogP contribution in [0.2, 0.25) is 0 Å². The maximum Gasteiger partial charge on any atom is 0.514 e. The Labute approximate surface area is 253 Å². The second kappa shape index (κ2) is 12.6. The van der Waals surface area contributed by atoms with Gasteiger partial charge in [0, 0.05) is 38.4 Å². The minimum atomic E-state index is -1.20. The number of carbonyl (C=O) groups excluding carboxylic acids is 3. The van der Waals surface area contributed by atoms with Crippen LogP contribution in [-0.4, -0.2) is 65.2 Å². The molecule has 3 atom stereocenters. The van der Waals surface area contributed by atoms with E-state index in [1.165, 1.54) is 23.9 Å². The van der Waals surface area contributed by atoms with Crippen molar-refractivity contribution in [2.75, 3.05) is 20.3 Å². The molecule has 1 aromatic heterocycles. The van der Waals surface area contributed by atoms with Gasteiger partial charge in [-0.2, -0.15) is 0 Å². The van der Waals surface area contributed by atoms with Crippen LogP contribution in [0.3, 0.4) is 0 Å². The summed E-state index contributed by atoms with van der Waals surface area (Å²) in [5, 5.41) is 6.54. The zero-order valence-electron chi connectivity index (χ0n) is 24.7. The van der Waals surface area contributed by atoms with E-state index in [0.29, 0.717) is 31.2 Å². The van der Waals surface area contributed by atoms with Gasteiger partial charge in [0.2, 0.25) is 17.1 Å². The van der Waals surface area contributed by atoms with Gasteiger partial charge in [0.15, 0.2) is 11.3 Å². The van der Waals surface area contributed by atoms with Crippen LogP contribution in [0.4, 0.5) is 13.6 Å². The number of halogens is 2. The molecule has 0 saturated carbocycles. The van der Waals surface area contributed by atoms with Gasteiger partial charge in [-0.3, -0.25) is 14.4 Å². The summed E-state index contributed by atoms with van der Waals surface area (Å²) in [6, 6.07) is 1.96. The van der Waals surface area contributed by atoms with Crippen molar-refractivity contribution in [3.8, 4) is 5.75 Å². The Morgan fingerprint density at radius 3 is 2.75 bits per heavy atom. The molecule has 1 saturated heterocycles. The molecule has 5 rings (SSSR count). The topological polar surface area (TPSA) is 138 Å². The molecule has 14 heteroatoms. The van der Waals surface area contributed by atoms with Crippen LogP contribution >= 0.6 is 0 Å². The number of hydrogen-bond acceptors (Lipinski definition) is 9. The molecule has 1 spiro atoms. The van der Waals surface area contributed by atoms with Crippen LogP contribution in [-0.2, 0) is 20.9 Å². The number of aromatic nitrogens is 1. The summed E-state index contributed by atoms with van der Waals surface area (Å²) < 4.78 is 44.9. The van der Waals surface area contributed by atoms with Crippen LogP contribution in [0, 0.1) is 11.6 Å². The summed E-state index contributed by atoms with van der Waals surface area (Å²) in [6.45, 7) is 3.68. The lowest BCUT2D eigenvalue weighted by molar-refractivity contribution is -0.0655. The predicted molar refractivity (Wildman–Crippen MR) is 153 cm³/mol. The van der Waals surface area contributed by atoms with Crippen LogP contribution in [0.5, 0.6) is 5.75 Å². The number of rotatable bonds is 8. The monoisotopic (exact) mass is 618 g/mol. The SMILES string of the molecule is CCCCCOC(=O)Oc1c2n(cc(C(=O)NCc3ccc(F)cc3F)c1=O)[C@@H]1CN(C2=O)[C@@H](C)CC[C@]12CC(OC)=NO2.[HH].